The van der Waals surface area contributed by atoms with Crippen molar-refractivity contribution >= 4 is 17.3 Å². The van der Waals surface area contributed by atoms with Crippen LogP contribution in [-0.4, -0.2) is 30.2 Å². The standard InChI is InChI=1S/C16H22N4O/c1-4-13-7-5-6-8-14(13)20-16-11-15(17-9-10-21-3)18-12(2)19-16/h5-8,11H,4,9-10H2,1-3H3,(H2,17,18,19,20). The van der Waals surface area contributed by atoms with Crippen LogP contribution in [0.1, 0.15) is 18.3 Å². The molecular formula is C16H22N4O. The molecule has 0 aliphatic rings. The van der Waals surface area contributed by atoms with Crippen LogP contribution in [0, 0.1) is 6.92 Å². The molecule has 2 rings (SSSR count). The largest absolute Gasteiger partial charge is 0.383 e. The molecule has 0 aliphatic carbocycles. The number of para-hydroxylation sites is 1. The Labute approximate surface area is 125 Å². The topological polar surface area (TPSA) is 59.1 Å². The summed E-state index contributed by atoms with van der Waals surface area (Å²) in [6, 6.07) is 10.2. The van der Waals surface area contributed by atoms with Crippen molar-refractivity contribution in [2.24, 2.45) is 0 Å². The van der Waals surface area contributed by atoms with E-state index in [2.05, 4.69) is 39.7 Å². The third kappa shape index (κ3) is 4.43. The lowest BCUT2D eigenvalue weighted by atomic mass is 10.1. The number of anilines is 3. The Morgan fingerprint density at radius 3 is 2.67 bits per heavy atom. The predicted octanol–water partition coefficient (Wildman–Crippen LogP) is 3.15. The van der Waals surface area contributed by atoms with Gasteiger partial charge >= 0.3 is 0 Å². The number of benzene rings is 1. The fourth-order valence-corrected chi connectivity index (χ4v) is 2.09. The van der Waals surface area contributed by atoms with E-state index in [0.29, 0.717) is 6.61 Å². The number of nitrogens with zero attached hydrogens (tertiary/aromatic N) is 2. The summed E-state index contributed by atoms with van der Waals surface area (Å²) in [5, 5.41) is 6.60. The van der Waals surface area contributed by atoms with Gasteiger partial charge in [0.2, 0.25) is 0 Å². The molecule has 0 saturated heterocycles. The molecule has 21 heavy (non-hydrogen) atoms. The smallest absolute Gasteiger partial charge is 0.136 e. The van der Waals surface area contributed by atoms with E-state index in [9.17, 15) is 0 Å². The Morgan fingerprint density at radius 1 is 1.14 bits per heavy atom. The van der Waals surface area contributed by atoms with E-state index in [1.54, 1.807) is 7.11 Å². The monoisotopic (exact) mass is 286 g/mol. The first-order valence-corrected chi connectivity index (χ1v) is 7.16. The van der Waals surface area contributed by atoms with Gasteiger partial charge in [-0.3, -0.25) is 0 Å². The highest BCUT2D eigenvalue weighted by molar-refractivity contribution is 5.62. The normalized spacial score (nSPS) is 10.4. The van der Waals surface area contributed by atoms with Crippen LogP contribution in [0.5, 0.6) is 0 Å². The number of hydrogen-bond acceptors (Lipinski definition) is 5. The predicted molar refractivity (Wildman–Crippen MR) is 86.2 cm³/mol. The molecule has 2 N–H and O–H groups in total. The van der Waals surface area contributed by atoms with Gasteiger partial charge in [-0.1, -0.05) is 25.1 Å². The van der Waals surface area contributed by atoms with Gasteiger partial charge in [-0.2, -0.15) is 0 Å². The number of rotatable bonds is 7. The van der Waals surface area contributed by atoms with Crippen LogP contribution in [-0.2, 0) is 11.2 Å². The molecule has 1 heterocycles. The van der Waals surface area contributed by atoms with Crippen LogP contribution in [0.2, 0.25) is 0 Å². The van der Waals surface area contributed by atoms with Crippen molar-refractivity contribution in [2.45, 2.75) is 20.3 Å². The SMILES string of the molecule is CCc1ccccc1Nc1cc(NCCOC)nc(C)n1. The lowest BCUT2D eigenvalue weighted by Crippen LogP contribution is -2.10. The number of methoxy groups -OCH3 is 1. The maximum Gasteiger partial charge on any atom is 0.136 e. The molecule has 0 fully saturated rings. The summed E-state index contributed by atoms with van der Waals surface area (Å²) in [5.74, 6) is 2.33. The van der Waals surface area contributed by atoms with Crippen molar-refractivity contribution in [3.63, 3.8) is 0 Å². The highest BCUT2D eigenvalue weighted by atomic mass is 16.5. The molecule has 2 aromatic rings. The zero-order valence-corrected chi connectivity index (χ0v) is 12.8. The average Bonchev–Trinajstić information content (AvgIpc) is 2.47. The molecule has 0 amide bonds. The number of aryl methyl sites for hydroxylation is 2. The highest BCUT2D eigenvalue weighted by Gasteiger charge is 2.04. The third-order valence-electron chi connectivity index (χ3n) is 3.11. The maximum atomic E-state index is 5.03. The van der Waals surface area contributed by atoms with Gasteiger partial charge in [-0.15, -0.1) is 0 Å². The minimum atomic E-state index is 0.643. The molecule has 5 nitrogen and oxygen atoms in total. The number of aromatic nitrogens is 2. The second-order valence-electron chi connectivity index (χ2n) is 4.74. The van der Waals surface area contributed by atoms with Crippen molar-refractivity contribution in [2.75, 3.05) is 30.9 Å². The molecule has 5 heteroatoms. The Hall–Kier alpha value is -2.14. The van der Waals surface area contributed by atoms with Crippen LogP contribution in [0.25, 0.3) is 0 Å². The van der Waals surface area contributed by atoms with Gasteiger partial charge in [-0.25, -0.2) is 9.97 Å². The van der Waals surface area contributed by atoms with E-state index >= 15 is 0 Å². The summed E-state index contributed by atoms with van der Waals surface area (Å²) in [6.45, 7) is 5.39. The van der Waals surface area contributed by atoms with Crippen molar-refractivity contribution in [3.8, 4) is 0 Å². The van der Waals surface area contributed by atoms with Crippen LogP contribution in [0.3, 0.4) is 0 Å². The Balaban J connectivity index is 2.15. The van der Waals surface area contributed by atoms with E-state index in [1.807, 2.05) is 25.1 Å². The summed E-state index contributed by atoms with van der Waals surface area (Å²) in [6.07, 6.45) is 0.978. The van der Waals surface area contributed by atoms with Crippen LogP contribution < -0.4 is 10.6 Å². The molecule has 1 aromatic heterocycles. The van der Waals surface area contributed by atoms with Crippen LogP contribution in [0.4, 0.5) is 17.3 Å². The molecule has 0 spiro atoms. The molecule has 0 atom stereocenters. The van der Waals surface area contributed by atoms with Crippen LogP contribution >= 0.6 is 0 Å². The second kappa shape index (κ2) is 7.59. The van der Waals surface area contributed by atoms with Crippen molar-refractivity contribution in [1.29, 1.82) is 0 Å². The van der Waals surface area contributed by atoms with E-state index in [4.69, 9.17) is 4.74 Å². The molecule has 1 aromatic carbocycles. The van der Waals surface area contributed by atoms with E-state index < -0.39 is 0 Å². The molecule has 0 aliphatic heterocycles. The Morgan fingerprint density at radius 2 is 1.90 bits per heavy atom. The van der Waals surface area contributed by atoms with Gasteiger partial charge in [0, 0.05) is 25.4 Å². The molecule has 0 unspecified atom stereocenters. The van der Waals surface area contributed by atoms with E-state index in [0.717, 1.165) is 36.1 Å². The molecule has 0 saturated carbocycles. The quantitative estimate of drug-likeness (QED) is 0.766. The van der Waals surface area contributed by atoms with E-state index in [1.165, 1.54) is 5.56 Å². The highest BCUT2D eigenvalue weighted by Crippen LogP contribution is 2.21. The summed E-state index contributed by atoms with van der Waals surface area (Å²) in [7, 11) is 1.68. The van der Waals surface area contributed by atoms with Gasteiger partial charge in [0.25, 0.3) is 0 Å². The first kappa shape index (κ1) is 15.3. The minimum Gasteiger partial charge on any atom is -0.383 e. The first-order valence-electron chi connectivity index (χ1n) is 7.16. The Bertz CT molecular complexity index is 586. The minimum absolute atomic E-state index is 0.643. The molecule has 112 valence electrons. The van der Waals surface area contributed by atoms with Gasteiger partial charge in [0.05, 0.1) is 6.61 Å². The lowest BCUT2D eigenvalue weighted by molar-refractivity contribution is 0.210. The summed E-state index contributed by atoms with van der Waals surface area (Å²) < 4.78 is 5.03. The fourth-order valence-electron chi connectivity index (χ4n) is 2.09. The number of ether oxygens (including phenoxy) is 1. The molecular weight excluding hydrogens is 264 g/mol. The molecule has 0 radical (unpaired) electrons. The van der Waals surface area contributed by atoms with Gasteiger partial charge in [0.1, 0.15) is 17.5 Å². The fraction of sp³-hybridized carbons (Fsp3) is 0.375. The third-order valence-corrected chi connectivity index (χ3v) is 3.11. The maximum absolute atomic E-state index is 5.03. The Kier molecular flexibility index (Phi) is 5.51. The molecule has 0 bridgehead atoms. The second-order valence-corrected chi connectivity index (χ2v) is 4.74. The van der Waals surface area contributed by atoms with E-state index in [-0.39, 0.29) is 0 Å². The lowest BCUT2D eigenvalue weighted by Gasteiger charge is -2.12. The van der Waals surface area contributed by atoms with Crippen molar-refractivity contribution in [1.82, 2.24) is 9.97 Å². The summed E-state index contributed by atoms with van der Waals surface area (Å²) in [4.78, 5) is 8.81. The van der Waals surface area contributed by atoms with Crippen molar-refractivity contribution < 1.29 is 4.74 Å². The summed E-state index contributed by atoms with van der Waals surface area (Å²) >= 11 is 0. The average molecular weight is 286 g/mol. The van der Waals surface area contributed by atoms with Crippen LogP contribution in [0.15, 0.2) is 30.3 Å². The first-order chi connectivity index (χ1) is 10.2. The zero-order chi connectivity index (χ0) is 15.1. The number of nitrogens with one attached hydrogen (secondary N) is 2. The zero-order valence-electron chi connectivity index (χ0n) is 12.8. The van der Waals surface area contributed by atoms with Gasteiger partial charge in [0.15, 0.2) is 0 Å². The summed E-state index contributed by atoms with van der Waals surface area (Å²) in [5.41, 5.74) is 2.35. The van der Waals surface area contributed by atoms with Gasteiger partial charge in [-0.05, 0) is 25.0 Å². The van der Waals surface area contributed by atoms with Crippen molar-refractivity contribution in [3.05, 3.63) is 41.7 Å². The van der Waals surface area contributed by atoms with Gasteiger partial charge < -0.3 is 15.4 Å². The number of hydrogen-bond donors (Lipinski definition) is 2.